The maximum absolute atomic E-state index is 12.4. The molecule has 28 heavy (non-hydrogen) atoms. The van der Waals surface area contributed by atoms with E-state index in [2.05, 4.69) is 17.4 Å². The molecule has 1 heterocycles. The molecule has 1 aliphatic heterocycles. The average Bonchev–Trinajstić information content (AvgIpc) is 2.73. The topological polar surface area (TPSA) is 58.6 Å². The highest BCUT2D eigenvalue weighted by molar-refractivity contribution is 5.96. The van der Waals surface area contributed by atoms with Crippen molar-refractivity contribution < 1.29 is 14.3 Å². The van der Waals surface area contributed by atoms with Crippen molar-refractivity contribution in [1.82, 2.24) is 10.2 Å². The summed E-state index contributed by atoms with van der Waals surface area (Å²) in [6, 6.07) is 15.7. The minimum Gasteiger partial charge on any atom is -0.373 e. The zero-order valence-corrected chi connectivity index (χ0v) is 16.6. The van der Waals surface area contributed by atoms with Crippen LogP contribution < -0.4 is 5.32 Å². The van der Waals surface area contributed by atoms with E-state index in [-0.39, 0.29) is 24.5 Å². The molecule has 5 nitrogen and oxygen atoms in total. The maximum atomic E-state index is 12.4. The predicted octanol–water partition coefficient (Wildman–Crippen LogP) is 3.24. The van der Waals surface area contributed by atoms with Crippen molar-refractivity contribution in [1.29, 1.82) is 0 Å². The fourth-order valence-corrected chi connectivity index (χ4v) is 3.31. The lowest BCUT2D eigenvalue weighted by molar-refractivity contribution is -0.132. The first kappa shape index (κ1) is 20.1. The van der Waals surface area contributed by atoms with Crippen LogP contribution in [0.25, 0.3) is 0 Å². The standard InChI is InChI=1S/C23H28N2O3/c1-17-8-9-20(14-18(17)2)23(27)24-15-22(26)25-12-10-21(11-13-25)28-16-19-6-4-3-5-7-19/h3-9,14,21H,10-13,15-16H2,1-2H3,(H,24,27). The summed E-state index contributed by atoms with van der Waals surface area (Å²) in [5.41, 5.74) is 3.96. The number of likely N-dealkylation sites (tertiary alicyclic amines) is 1. The molecule has 3 rings (SSSR count). The quantitative estimate of drug-likeness (QED) is 0.837. The Morgan fingerprint density at radius 3 is 2.43 bits per heavy atom. The van der Waals surface area contributed by atoms with Crippen molar-refractivity contribution in [2.45, 2.75) is 39.4 Å². The van der Waals surface area contributed by atoms with Gasteiger partial charge in [-0.1, -0.05) is 36.4 Å². The smallest absolute Gasteiger partial charge is 0.251 e. The fourth-order valence-electron chi connectivity index (χ4n) is 3.31. The Morgan fingerprint density at radius 1 is 1.04 bits per heavy atom. The lowest BCUT2D eigenvalue weighted by Crippen LogP contribution is -2.45. The van der Waals surface area contributed by atoms with Crippen LogP contribution in [0.1, 0.15) is 39.9 Å². The molecule has 0 aromatic heterocycles. The highest BCUT2D eigenvalue weighted by atomic mass is 16.5. The Hall–Kier alpha value is -2.66. The number of carbonyl (C=O) groups is 2. The van der Waals surface area contributed by atoms with Gasteiger partial charge in [0.15, 0.2) is 0 Å². The van der Waals surface area contributed by atoms with Crippen molar-refractivity contribution in [3.05, 3.63) is 70.8 Å². The van der Waals surface area contributed by atoms with Gasteiger partial charge in [-0.2, -0.15) is 0 Å². The van der Waals surface area contributed by atoms with Gasteiger partial charge in [0.05, 0.1) is 19.3 Å². The van der Waals surface area contributed by atoms with Crippen LogP contribution in [0.15, 0.2) is 48.5 Å². The van der Waals surface area contributed by atoms with Gasteiger partial charge < -0.3 is 15.0 Å². The molecule has 5 heteroatoms. The molecule has 0 saturated carbocycles. The summed E-state index contributed by atoms with van der Waals surface area (Å²) in [4.78, 5) is 26.5. The third-order valence-corrected chi connectivity index (χ3v) is 5.29. The van der Waals surface area contributed by atoms with Crippen LogP contribution in [-0.2, 0) is 16.1 Å². The molecule has 1 aliphatic rings. The number of carbonyl (C=O) groups excluding carboxylic acids is 2. The number of amides is 2. The van der Waals surface area contributed by atoms with Gasteiger partial charge in [0.2, 0.25) is 5.91 Å². The van der Waals surface area contributed by atoms with E-state index >= 15 is 0 Å². The van der Waals surface area contributed by atoms with Crippen LogP contribution in [-0.4, -0.2) is 42.5 Å². The number of rotatable bonds is 6. The van der Waals surface area contributed by atoms with E-state index in [1.807, 2.05) is 49.1 Å². The Balaban J connectivity index is 1.40. The molecule has 1 fully saturated rings. The largest absolute Gasteiger partial charge is 0.373 e. The summed E-state index contributed by atoms with van der Waals surface area (Å²) in [6.07, 6.45) is 1.82. The molecule has 0 aliphatic carbocycles. The van der Waals surface area contributed by atoms with Crippen molar-refractivity contribution in [3.8, 4) is 0 Å². The van der Waals surface area contributed by atoms with E-state index < -0.39 is 0 Å². The maximum Gasteiger partial charge on any atom is 0.251 e. The van der Waals surface area contributed by atoms with Crippen LogP contribution >= 0.6 is 0 Å². The molecule has 0 bridgehead atoms. The molecular weight excluding hydrogens is 352 g/mol. The second-order valence-corrected chi connectivity index (χ2v) is 7.36. The van der Waals surface area contributed by atoms with Crippen LogP contribution in [0.2, 0.25) is 0 Å². The van der Waals surface area contributed by atoms with Crippen LogP contribution in [0, 0.1) is 13.8 Å². The molecule has 0 atom stereocenters. The minimum atomic E-state index is -0.211. The molecule has 0 spiro atoms. The lowest BCUT2D eigenvalue weighted by Gasteiger charge is -2.32. The van der Waals surface area contributed by atoms with Crippen molar-refractivity contribution in [2.24, 2.45) is 0 Å². The number of hydrogen-bond acceptors (Lipinski definition) is 3. The molecule has 1 saturated heterocycles. The average molecular weight is 380 g/mol. The Labute approximate surface area is 166 Å². The van der Waals surface area contributed by atoms with Crippen LogP contribution in [0.4, 0.5) is 0 Å². The van der Waals surface area contributed by atoms with E-state index in [0.717, 1.165) is 29.5 Å². The van der Waals surface area contributed by atoms with Crippen LogP contribution in [0.5, 0.6) is 0 Å². The molecule has 1 N–H and O–H groups in total. The van der Waals surface area contributed by atoms with E-state index in [1.54, 1.807) is 6.07 Å². The normalized spacial score (nSPS) is 14.7. The van der Waals surface area contributed by atoms with Crippen molar-refractivity contribution >= 4 is 11.8 Å². The van der Waals surface area contributed by atoms with Crippen LogP contribution in [0.3, 0.4) is 0 Å². The fraction of sp³-hybridized carbons (Fsp3) is 0.391. The summed E-state index contributed by atoms with van der Waals surface area (Å²) >= 11 is 0. The number of hydrogen-bond donors (Lipinski definition) is 1. The van der Waals surface area contributed by atoms with Gasteiger partial charge in [-0.25, -0.2) is 0 Å². The molecule has 2 aromatic rings. The SMILES string of the molecule is Cc1ccc(C(=O)NCC(=O)N2CCC(OCc3ccccc3)CC2)cc1C. The van der Waals surface area contributed by atoms with Gasteiger partial charge in [0.25, 0.3) is 5.91 Å². The molecule has 0 radical (unpaired) electrons. The number of piperidine rings is 1. The Kier molecular flexibility index (Phi) is 6.82. The predicted molar refractivity (Wildman–Crippen MR) is 109 cm³/mol. The first-order chi connectivity index (χ1) is 13.5. The summed E-state index contributed by atoms with van der Waals surface area (Å²) in [7, 11) is 0. The van der Waals surface area contributed by atoms with Gasteiger partial charge in [-0.3, -0.25) is 9.59 Å². The van der Waals surface area contributed by atoms with Gasteiger partial charge in [0.1, 0.15) is 0 Å². The van der Waals surface area contributed by atoms with Gasteiger partial charge in [0, 0.05) is 18.7 Å². The molecule has 2 aromatic carbocycles. The Morgan fingerprint density at radius 2 is 1.75 bits per heavy atom. The Bertz CT molecular complexity index is 812. The first-order valence-corrected chi connectivity index (χ1v) is 9.81. The number of ether oxygens (including phenoxy) is 1. The lowest BCUT2D eigenvalue weighted by atomic mass is 10.1. The van der Waals surface area contributed by atoms with Crippen molar-refractivity contribution in [2.75, 3.05) is 19.6 Å². The zero-order valence-electron chi connectivity index (χ0n) is 16.6. The zero-order chi connectivity index (χ0) is 19.9. The second kappa shape index (κ2) is 9.51. The number of benzene rings is 2. The van der Waals surface area contributed by atoms with Crippen molar-refractivity contribution in [3.63, 3.8) is 0 Å². The minimum absolute atomic E-state index is 0.0291. The summed E-state index contributed by atoms with van der Waals surface area (Å²) in [5, 5.41) is 2.74. The third kappa shape index (κ3) is 5.42. The molecule has 2 amide bonds. The van der Waals surface area contributed by atoms with E-state index in [0.29, 0.717) is 25.3 Å². The summed E-state index contributed by atoms with van der Waals surface area (Å²) < 4.78 is 5.97. The second-order valence-electron chi connectivity index (χ2n) is 7.36. The van der Waals surface area contributed by atoms with Gasteiger partial charge in [-0.15, -0.1) is 0 Å². The highest BCUT2D eigenvalue weighted by Gasteiger charge is 2.23. The van der Waals surface area contributed by atoms with E-state index in [4.69, 9.17) is 4.74 Å². The highest BCUT2D eigenvalue weighted by Crippen LogP contribution is 2.16. The monoisotopic (exact) mass is 380 g/mol. The third-order valence-electron chi connectivity index (χ3n) is 5.29. The molecule has 148 valence electrons. The van der Waals surface area contributed by atoms with E-state index in [1.165, 1.54) is 0 Å². The summed E-state index contributed by atoms with van der Waals surface area (Å²) in [5.74, 6) is -0.253. The number of nitrogens with one attached hydrogen (secondary N) is 1. The number of nitrogens with zero attached hydrogens (tertiary/aromatic N) is 1. The molecule has 0 unspecified atom stereocenters. The summed E-state index contributed by atoms with van der Waals surface area (Å²) in [6.45, 7) is 5.94. The van der Waals surface area contributed by atoms with E-state index in [9.17, 15) is 9.59 Å². The van der Waals surface area contributed by atoms with Gasteiger partial charge >= 0.3 is 0 Å². The van der Waals surface area contributed by atoms with Gasteiger partial charge in [-0.05, 0) is 55.5 Å². The molecular formula is C23H28N2O3. The first-order valence-electron chi connectivity index (χ1n) is 9.81. The number of aryl methyl sites for hydroxylation is 2.